The third kappa shape index (κ3) is 2.98. The fraction of sp³-hybridized carbons (Fsp3) is 0.188. The van der Waals surface area contributed by atoms with Crippen LogP contribution in [-0.2, 0) is 13.1 Å². The Balaban J connectivity index is 1.59. The first kappa shape index (κ1) is 13.1. The van der Waals surface area contributed by atoms with Gasteiger partial charge in [-0.05, 0) is 29.5 Å². The third-order valence-electron chi connectivity index (χ3n) is 3.31. The molecular formula is C16H17N3S. The number of aryl methyl sites for hydroxylation is 1. The van der Waals surface area contributed by atoms with Crippen LogP contribution in [0.2, 0.25) is 0 Å². The van der Waals surface area contributed by atoms with Gasteiger partial charge in [0.1, 0.15) is 0 Å². The van der Waals surface area contributed by atoms with E-state index in [1.165, 1.54) is 21.6 Å². The van der Waals surface area contributed by atoms with Gasteiger partial charge in [-0.25, -0.2) is 0 Å². The van der Waals surface area contributed by atoms with Crippen LogP contribution < -0.4 is 5.32 Å². The molecular weight excluding hydrogens is 266 g/mol. The molecule has 0 saturated carbocycles. The highest BCUT2D eigenvalue weighted by Gasteiger charge is 2.03. The first-order valence-electron chi connectivity index (χ1n) is 6.65. The van der Waals surface area contributed by atoms with Crippen LogP contribution in [0.4, 0.5) is 0 Å². The summed E-state index contributed by atoms with van der Waals surface area (Å²) in [6, 6.07) is 12.8. The van der Waals surface area contributed by atoms with Crippen molar-refractivity contribution in [1.82, 2.24) is 15.5 Å². The number of rotatable bonds is 5. The molecule has 3 rings (SSSR count). The summed E-state index contributed by atoms with van der Waals surface area (Å²) in [5.74, 6) is 0. The van der Waals surface area contributed by atoms with Gasteiger partial charge in [-0.2, -0.15) is 5.10 Å². The lowest BCUT2D eigenvalue weighted by molar-refractivity contribution is 0.698. The summed E-state index contributed by atoms with van der Waals surface area (Å²) in [6.07, 6.45) is 1.88. The number of benzene rings is 1. The molecule has 0 aliphatic carbocycles. The van der Waals surface area contributed by atoms with E-state index in [0.717, 1.165) is 18.8 Å². The maximum absolute atomic E-state index is 4.03. The van der Waals surface area contributed by atoms with Crippen LogP contribution in [0.5, 0.6) is 0 Å². The third-order valence-corrected chi connectivity index (χ3v) is 4.25. The van der Waals surface area contributed by atoms with Crippen molar-refractivity contribution in [3.05, 3.63) is 64.1 Å². The Morgan fingerprint density at radius 2 is 2.00 bits per heavy atom. The van der Waals surface area contributed by atoms with Gasteiger partial charge in [0.05, 0.1) is 6.20 Å². The average molecular weight is 283 g/mol. The van der Waals surface area contributed by atoms with Gasteiger partial charge in [0.2, 0.25) is 0 Å². The Kier molecular flexibility index (Phi) is 3.95. The Morgan fingerprint density at radius 1 is 1.15 bits per heavy atom. The number of H-pyrrole nitrogens is 1. The molecule has 1 aromatic carbocycles. The van der Waals surface area contributed by atoms with Gasteiger partial charge in [-0.3, -0.25) is 5.10 Å². The van der Waals surface area contributed by atoms with E-state index in [9.17, 15) is 0 Å². The summed E-state index contributed by atoms with van der Waals surface area (Å²) in [4.78, 5) is 1.35. The highest BCUT2D eigenvalue weighted by Crippen LogP contribution is 2.25. The summed E-state index contributed by atoms with van der Waals surface area (Å²) in [7, 11) is 0. The van der Waals surface area contributed by atoms with E-state index in [1.54, 1.807) is 11.3 Å². The molecule has 3 nitrogen and oxygen atoms in total. The van der Waals surface area contributed by atoms with Gasteiger partial charge in [0.15, 0.2) is 0 Å². The molecule has 0 radical (unpaired) electrons. The highest BCUT2D eigenvalue weighted by atomic mass is 32.1. The van der Waals surface area contributed by atoms with Crippen molar-refractivity contribution < 1.29 is 0 Å². The lowest BCUT2D eigenvalue weighted by Gasteiger charge is -2.01. The summed E-state index contributed by atoms with van der Waals surface area (Å²) in [6.45, 7) is 3.78. The van der Waals surface area contributed by atoms with Crippen molar-refractivity contribution in [3.63, 3.8) is 0 Å². The quantitative estimate of drug-likeness (QED) is 0.749. The number of hydrogen-bond acceptors (Lipinski definition) is 3. The number of nitrogens with zero attached hydrogens (tertiary/aromatic N) is 1. The Hall–Kier alpha value is -1.91. The van der Waals surface area contributed by atoms with Crippen molar-refractivity contribution in [2.24, 2.45) is 0 Å². The second-order valence-corrected chi connectivity index (χ2v) is 5.79. The zero-order valence-corrected chi connectivity index (χ0v) is 12.2. The largest absolute Gasteiger partial charge is 0.308 e. The molecule has 0 aliphatic rings. The monoisotopic (exact) mass is 283 g/mol. The molecule has 0 atom stereocenters. The lowest BCUT2D eigenvalue weighted by Crippen LogP contribution is -2.11. The van der Waals surface area contributed by atoms with E-state index in [2.05, 4.69) is 51.2 Å². The fourth-order valence-corrected chi connectivity index (χ4v) is 2.99. The molecule has 2 heterocycles. The van der Waals surface area contributed by atoms with Gasteiger partial charge in [0, 0.05) is 29.2 Å². The first-order chi connectivity index (χ1) is 9.83. The van der Waals surface area contributed by atoms with Crippen LogP contribution in [-0.4, -0.2) is 10.2 Å². The van der Waals surface area contributed by atoms with Gasteiger partial charge in [-0.15, -0.1) is 11.3 Å². The number of aromatic amines is 1. The van der Waals surface area contributed by atoms with Gasteiger partial charge in [0.25, 0.3) is 0 Å². The maximum atomic E-state index is 4.03. The van der Waals surface area contributed by atoms with Crippen molar-refractivity contribution in [2.45, 2.75) is 20.0 Å². The van der Waals surface area contributed by atoms with Crippen molar-refractivity contribution in [3.8, 4) is 11.1 Å². The Morgan fingerprint density at radius 3 is 2.75 bits per heavy atom. The standard InChI is InChI=1S/C16H17N3S/c1-12-15(9-18-19-12)8-17-10-16-7-14(11-20-16)13-5-3-2-4-6-13/h2-7,9,11,17H,8,10H2,1H3,(H,18,19). The predicted molar refractivity (Wildman–Crippen MR) is 83.6 cm³/mol. The average Bonchev–Trinajstić information content (AvgIpc) is 3.10. The second-order valence-electron chi connectivity index (χ2n) is 4.79. The molecule has 4 heteroatoms. The van der Waals surface area contributed by atoms with Crippen LogP contribution in [0.3, 0.4) is 0 Å². The van der Waals surface area contributed by atoms with Crippen LogP contribution in [0.1, 0.15) is 16.1 Å². The molecule has 0 fully saturated rings. The molecule has 0 aliphatic heterocycles. The maximum Gasteiger partial charge on any atom is 0.0535 e. The molecule has 0 bridgehead atoms. The van der Waals surface area contributed by atoms with Gasteiger partial charge >= 0.3 is 0 Å². The Labute approximate surface area is 122 Å². The molecule has 2 N–H and O–H groups in total. The molecule has 3 aromatic rings. The topological polar surface area (TPSA) is 40.7 Å². The number of nitrogens with one attached hydrogen (secondary N) is 2. The second kappa shape index (κ2) is 6.03. The van der Waals surface area contributed by atoms with Gasteiger partial charge in [-0.1, -0.05) is 30.3 Å². The van der Waals surface area contributed by atoms with E-state index in [1.807, 2.05) is 19.2 Å². The van der Waals surface area contributed by atoms with E-state index in [4.69, 9.17) is 0 Å². The van der Waals surface area contributed by atoms with Crippen LogP contribution >= 0.6 is 11.3 Å². The minimum Gasteiger partial charge on any atom is -0.308 e. The van der Waals surface area contributed by atoms with Gasteiger partial charge < -0.3 is 5.32 Å². The molecule has 0 amide bonds. The number of hydrogen-bond donors (Lipinski definition) is 2. The molecule has 0 saturated heterocycles. The molecule has 0 unspecified atom stereocenters. The van der Waals surface area contributed by atoms with Crippen molar-refractivity contribution in [1.29, 1.82) is 0 Å². The molecule has 102 valence electrons. The normalized spacial score (nSPS) is 10.8. The summed E-state index contributed by atoms with van der Waals surface area (Å²) in [5.41, 5.74) is 4.94. The molecule has 20 heavy (non-hydrogen) atoms. The minimum atomic E-state index is 0.848. The first-order valence-corrected chi connectivity index (χ1v) is 7.53. The fourth-order valence-electron chi connectivity index (χ4n) is 2.13. The zero-order valence-electron chi connectivity index (χ0n) is 11.4. The Bertz CT molecular complexity index is 670. The summed E-state index contributed by atoms with van der Waals surface area (Å²) >= 11 is 1.80. The van der Waals surface area contributed by atoms with Crippen LogP contribution in [0.15, 0.2) is 48.0 Å². The summed E-state index contributed by atoms with van der Waals surface area (Å²) < 4.78 is 0. The van der Waals surface area contributed by atoms with E-state index >= 15 is 0 Å². The number of aromatic nitrogens is 2. The molecule has 2 aromatic heterocycles. The SMILES string of the molecule is Cc1[nH]ncc1CNCc1cc(-c2ccccc2)cs1. The van der Waals surface area contributed by atoms with Crippen LogP contribution in [0.25, 0.3) is 11.1 Å². The van der Waals surface area contributed by atoms with Crippen molar-refractivity contribution >= 4 is 11.3 Å². The van der Waals surface area contributed by atoms with Crippen LogP contribution in [0, 0.1) is 6.92 Å². The number of thiophene rings is 1. The lowest BCUT2D eigenvalue weighted by atomic mass is 10.1. The zero-order chi connectivity index (χ0) is 13.8. The van der Waals surface area contributed by atoms with E-state index < -0.39 is 0 Å². The molecule has 0 spiro atoms. The van der Waals surface area contributed by atoms with E-state index in [-0.39, 0.29) is 0 Å². The highest BCUT2D eigenvalue weighted by molar-refractivity contribution is 7.10. The van der Waals surface area contributed by atoms with E-state index in [0.29, 0.717) is 0 Å². The summed E-state index contributed by atoms with van der Waals surface area (Å²) in [5, 5.41) is 12.7. The predicted octanol–water partition coefficient (Wildman–Crippen LogP) is 3.74. The van der Waals surface area contributed by atoms with Crippen molar-refractivity contribution in [2.75, 3.05) is 0 Å². The smallest absolute Gasteiger partial charge is 0.0535 e. The minimum absolute atomic E-state index is 0.848.